The minimum atomic E-state index is -0.851. The second-order valence-corrected chi connectivity index (χ2v) is 6.44. The van der Waals surface area contributed by atoms with E-state index in [4.69, 9.17) is 0 Å². The van der Waals surface area contributed by atoms with E-state index in [1.165, 1.54) is 0 Å². The molecule has 0 spiro atoms. The number of amides is 4. The van der Waals surface area contributed by atoms with Crippen LogP contribution < -0.4 is 0 Å². The van der Waals surface area contributed by atoms with Crippen molar-refractivity contribution in [3.05, 3.63) is 22.3 Å². The van der Waals surface area contributed by atoms with Crippen LogP contribution in [0, 0.1) is 0 Å². The lowest BCUT2D eigenvalue weighted by molar-refractivity contribution is -0.153. The molecule has 2 aliphatic heterocycles. The molecule has 4 amide bonds. The summed E-state index contributed by atoms with van der Waals surface area (Å²) in [4.78, 5) is 52.2. The van der Waals surface area contributed by atoms with E-state index in [9.17, 15) is 19.2 Å². The molecule has 0 saturated heterocycles. The van der Waals surface area contributed by atoms with Crippen LogP contribution in [0.25, 0.3) is 0 Å². The number of nitrogens with zero attached hydrogens (tertiary/aromatic N) is 2. The SMILES string of the molecule is CCCCCC(N1C(=O)C(C)=C(C)C1=O)N1C(=O)C(C)=C(C)C1=O. The maximum atomic E-state index is 12.5. The zero-order chi connectivity index (χ0) is 18.2. The summed E-state index contributed by atoms with van der Waals surface area (Å²) in [5.41, 5.74) is 1.50. The highest BCUT2D eigenvalue weighted by Crippen LogP contribution is 2.31. The zero-order valence-electron chi connectivity index (χ0n) is 14.9. The molecule has 0 N–H and O–H groups in total. The van der Waals surface area contributed by atoms with Gasteiger partial charge in [-0.1, -0.05) is 19.8 Å². The Morgan fingerprint density at radius 1 is 0.667 bits per heavy atom. The number of carbonyl (C=O) groups excluding carboxylic acids is 4. The summed E-state index contributed by atoms with van der Waals surface area (Å²) < 4.78 is 0. The quantitative estimate of drug-likeness (QED) is 0.552. The lowest BCUT2D eigenvalue weighted by Crippen LogP contribution is -2.54. The first-order valence-corrected chi connectivity index (χ1v) is 8.34. The van der Waals surface area contributed by atoms with E-state index in [-0.39, 0.29) is 0 Å². The van der Waals surface area contributed by atoms with Gasteiger partial charge < -0.3 is 0 Å². The number of rotatable bonds is 6. The highest BCUT2D eigenvalue weighted by molar-refractivity contribution is 6.22. The standard InChI is InChI=1S/C18H24N2O4/c1-6-7-8-9-14(19-15(21)10(2)11(3)16(19)22)20-17(23)12(4)13(5)18(20)24/h14H,6-9H2,1-5H3. The van der Waals surface area contributed by atoms with Crippen LogP contribution in [0.2, 0.25) is 0 Å². The van der Waals surface area contributed by atoms with E-state index < -0.39 is 29.8 Å². The van der Waals surface area contributed by atoms with E-state index in [1.807, 2.05) is 6.92 Å². The molecule has 0 aromatic heterocycles. The summed E-state index contributed by atoms with van der Waals surface area (Å²) >= 11 is 0. The van der Waals surface area contributed by atoms with Crippen molar-refractivity contribution < 1.29 is 19.2 Å². The van der Waals surface area contributed by atoms with Gasteiger partial charge in [0.25, 0.3) is 23.6 Å². The fourth-order valence-corrected chi connectivity index (χ4v) is 3.04. The molecular formula is C18H24N2O4. The van der Waals surface area contributed by atoms with Crippen LogP contribution in [0.4, 0.5) is 0 Å². The van der Waals surface area contributed by atoms with Gasteiger partial charge in [0, 0.05) is 22.3 Å². The first-order chi connectivity index (χ1) is 11.2. The normalized spacial score (nSPS) is 19.1. The fraction of sp³-hybridized carbons (Fsp3) is 0.556. The zero-order valence-corrected chi connectivity index (χ0v) is 14.9. The van der Waals surface area contributed by atoms with Crippen molar-refractivity contribution in [1.29, 1.82) is 0 Å². The second-order valence-electron chi connectivity index (χ2n) is 6.44. The topological polar surface area (TPSA) is 74.8 Å². The highest BCUT2D eigenvalue weighted by atomic mass is 16.2. The maximum absolute atomic E-state index is 12.5. The fourth-order valence-electron chi connectivity index (χ4n) is 3.04. The molecule has 0 radical (unpaired) electrons. The minimum Gasteiger partial charge on any atom is -0.269 e. The van der Waals surface area contributed by atoms with Gasteiger partial charge in [0.05, 0.1) is 0 Å². The summed E-state index contributed by atoms with van der Waals surface area (Å²) in [5, 5.41) is 0. The first kappa shape index (κ1) is 18.1. The van der Waals surface area contributed by atoms with E-state index >= 15 is 0 Å². The van der Waals surface area contributed by atoms with Crippen molar-refractivity contribution in [2.24, 2.45) is 0 Å². The Hall–Kier alpha value is -2.24. The monoisotopic (exact) mass is 332 g/mol. The Labute approximate surface area is 142 Å². The minimum absolute atomic E-state index is 0.376. The molecular weight excluding hydrogens is 308 g/mol. The van der Waals surface area contributed by atoms with Crippen LogP contribution in [0.5, 0.6) is 0 Å². The number of imide groups is 2. The van der Waals surface area contributed by atoms with Crippen LogP contribution in [0.1, 0.15) is 60.3 Å². The van der Waals surface area contributed by atoms with Crippen molar-refractivity contribution in [2.75, 3.05) is 0 Å². The van der Waals surface area contributed by atoms with Gasteiger partial charge in [-0.15, -0.1) is 0 Å². The Kier molecular flexibility index (Phi) is 5.06. The number of unbranched alkanes of at least 4 members (excludes halogenated alkanes) is 2. The molecule has 6 nitrogen and oxygen atoms in total. The lowest BCUT2D eigenvalue weighted by atomic mass is 10.1. The molecule has 0 aliphatic carbocycles. The summed E-state index contributed by atoms with van der Waals surface area (Å²) in [7, 11) is 0. The average Bonchev–Trinajstić information content (AvgIpc) is 2.86. The number of hydrogen-bond acceptors (Lipinski definition) is 4. The van der Waals surface area contributed by atoms with Gasteiger partial charge in [-0.3, -0.25) is 29.0 Å². The smallest absolute Gasteiger partial charge is 0.258 e. The Morgan fingerprint density at radius 3 is 1.29 bits per heavy atom. The lowest BCUT2D eigenvalue weighted by Gasteiger charge is -2.33. The molecule has 130 valence electrons. The largest absolute Gasteiger partial charge is 0.269 e. The van der Waals surface area contributed by atoms with E-state index in [2.05, 4.69) is 0 Å². The number of carbonyl (C=O) groups is 4. The molecule has 0 fully saturated rings. The molecule has 0 unspecified atom stereocenters. The molecule has 0 saturated carbocycles. The summed E-state index contributed by atoms with van der Waals surface area (Å²) in [6.07, 6.45) is 2.15. The average molecular weight is 332 g/mol. The third-order valence-electron chi connectivity index (χ3n) is 4.95. The molecule has 0 aromatic carbocycles. The molecule has 2 aliphatic rings. The highest BCUT2D eigenvalue weighted by Gasteiger charge is 2.46. The van der Waals surface area contributed by atoms with Crippen molar-refractivity contribution in [2.45, 2.75) is 66.5 Å². The molecule has 2 rings (SSSR count). The van der Waals surface area contributed by atoms with E-state index in [1.54, 1.807) is 27.7 Å². The van der Waals surface area contributed by atoms with Crippen LogP contribution in [0.3, 0.4) is 0 Å². The van der Waals surface area contributed by atoms with Crippen molar-refractivity contribution in [3.8, 4) is 0 Å². The maximum Gasteiger partial charge on any atom is 0.258 e. The van der Waals surface area contributed by atoms with Gasteiger partial charge in [-0.25, -0.2) is 0 Å². The van der Waals surface area contributed by atoms with Crippen molar-refractivity contribution in [1.82, 2.24) is 9.80 Å². The third-order valence-corrected chi connectivity index (χ3v) is 4.95. The van der Waals surface area contributed by atoms with Crippen LogP contribution in [-0.2, 0) is 19.2 Å². The Balaban J connectivity index is 2.38. The summed E-state index contributed by atoms with van der Waals surface area (Å²) in [5.74, 6) is -1.66. The summed E-state index contributed by atoms with van der Waals surface area (Å²) in [6.45, 7) is 8.43. The second kappa shape index (κ2) is 6.71. The molecule has 0 atom stereocenters. The first-order valence-electron chi connectivity index (χ1n) is 8.34. The molecule has 0 aromatic rings. The van der Waals surface area contributed by atoms with Gasteiger partial charge in [0.2, 0.25) is 0 Å². The van der Waals surface area contributed by atoms with Crippen molar-refractivity contribution >= 4 is 23.6 Å². The van der Waals surface area contributed by atoms with Gasteiger partial charge >= 0.3 is 0 Å². The van der Waals surface area contributed by atoms with Gasteiger partial charge in [0.15, 0.2) is 0 Å². The predicted molar refractivity (Wildman–Crippen MR) is 88.4 cm³/mol. The van der Waals surface area contributed by atoms with Crippen LogP contribution in [0.15, 0.2) is 22.3 Å². The molecule has 24 heavy (non-hydrogen) atoms. The Bertz CT molecular complexity index is 585. The molecule has 2 heterocycles. The van der Waals surface area contributed by atoms with Gasteiger partial charge in [0.1, 0.15) is 6.17 Å². The third kappa shape index (κ3) is 2.70. The van der Waals surface area contributed by atoms with Crippen LogP contribution >= 0.6 is 0 Å². The predicted octanol–water partition coefficient (Wildman–Crippen LogP) is 2.30. The van der Waals surface area contributed by atoms with Crippen LogP contribution in [-0.4, -0.2) is 39.6 Å². The summed E-state index contributed by atoms with van der Waals surface area (Å²) in [6, 6.07) is 0. The van der Waals surface area contributed by atoms with Gasteiger partial charge in [-0.05, 0) is 40.5 Å². The molecule has 6 heteroatoms. The molecule has 0 bridgehead atoms. The number of hydrogen-bond donors (Lipinski definition) is 0. The van der Waals surface area contributed by atoms with E-state index in [0.717, 1.165) is 29.1 Å². The van der Waals surface area contributed by atoms with Gasteiger partial charge in [-0.2, -0.15) is 0 Å². The van der Waals surface area contributed by atoms with E-state index in [0.29, 0.717) is 28.7 Å². The Morgan fingerprint density at radius 2 is 1.00 bits per heavy atom. The van der Waals surface area contributed by atoms with Crippen molar-refractivity contribution in [3.63, 3.8) is 0 Å².